The number of ether oxygens (including phenoxy) is 2. The summed E-state index contributed by atoms with van der Waals surface area (Å²) in [6.07, 6.45) is 0. The van der Waals surface area contributed by atoms with Crippen LogP contribution in [0.1, 0.15) is 31.8 Å². The standard InChI is InChI=1S/C28H30N4O8/c1-17-7-3-5-9-19(17)27(37)39-15-21-25(35)29-23(33)13-31(21)11-12-32-14-24(34)30-26(36)22(32)16-40-28(38)20-10-6-4-8-18(20)2/h3-10,21-22H,11-16H2,1-2H3,(H,29,33,35)(H,30,34,36). The van der Waals surface area contributed by atoms with Crippen LogP contribution in [0.5, 0.6) is 0 Å². The minimum Gasteiger partial charge on any atom is -0.460 e. The van der Waals surface area contributed by atoms with Gasteiger partial charge in [0.25, 0.3) is 0 Å². The fourth-order valence-electron chi connectivity index (χ4n) is 4.60. The number of aryl methyl sites for hydroxylation is 2. The Morgan fingerprint density at radius 2 is 1.07 bits per heavy atom. The smallest absolute Gasteiger partial charge is 0.338 e. The first kappa shape index (κ1) is 28.6. The van der Waals surface area contributed by atoms with Crippen molar-refractivity contribution in [1.82, 2.24) is 20.4 Å². The molecule has 2 aromatic rings. The molecule has 2 aliphatic rings. The van der Waals surface area contributed by atoms with E-state index in [9.17, 15) is 28.8 Å². The van der Waals surface area contributed by atoms with Crippen molar-refractivity contribution >= 4 is 35.6 Å². The predicted octanol–water partition coefficient (Wildman–Crippen LogP) is -0.0288. The number of benzene rings is 2. The van der Waals surface area contributed by atoms with Gasteiger partial charge in [0.05, 0.1) is 24.2 Å². The zero-order chi connectivity index (χ0) is 28.8. The summed E-state index contributed by atoms with van der Waals surface area (Å²) < 4.78 is 10.8. The molecule has 2 aromatic carbocycles. The Bertz CT molecular complexity index is 1240. The fourth-order valence-corrected chi connectivity index (χ4v) is 4.60. The highest BCUT2D eigenvalue weighted by molar-refractivity contribution is 6.02. The van der Waals surface area contributed by atoms with Crippen molar-refractivity contribution < 1.29 is 38.2 Å². The SMILES string of the molecule is Cc1ccccc1C(=O)OCC1C(=O)NC(=O)CN1CCN1CC(=O)NC(=O)C1COC(=O)c1ccccc1C. The van der Waals surface area contributed by atoms with Crippen LogP contribution in [0.15, 0.2) is 48.5 Å². The van der Waals surface area contributed by atoms with E-state index in [0.717, 1.165) is 11.1 Å². The summed E-state index contributed by atoms with van der Waals surface area (Å²) in [6, 6.07) is 11.8. The van der Waals surface area contributed by atoms with E-state index < -0.39 is 47.7 Å². The molecule has 0 saturated carbocycles. The van der Waals surface area contributed by atoms with Gasteiger partial charge in [-0.25, -0.2) is 9.59 Å². The van der Waals surface area contributed by atoms with Gasteiger partial charge in [-0.1, -0.05) is 36.4 Å². The molecule has 0 aliphatic carbocycles. The van der Waals surface area contributed by atoms with Gasteiger partial charge in [0.2, 0.25) is 23.6 Å². The Hall–Kier alpha value is -4.42. The molecule has 0 radical (unpaired) electrons. The Labute approximate surface area is 230 Å². The molecule has 2 unspecified atom stereocenters. The number of hydrogen-bond donors (Lipinski definition) is 2. The minimum atomic E-state index is -0.961. The third-order valence-electron chi connectivity index (χ3n) is 6.85. The van der Waals surface area contributed by atoms with Crippen LogP contribution in [0.4, 0.5) is 0 Å². The molecule has 0 spiro atoms. The van der Waals surface area contributed by atoms with Crippen LogP contribution < -0.4 is 10.6 Å². The molecule has 2 atom stereocenters. The van der Waals surface area contributed by atoms with E-state index >= 15 is 0 Å². The van der Waals surface area contributed by atoms with Crippen molar-refractivity contribution in [3.63, 3.8) is 0 Å². The van der Waals surface area contributed by atoms with Crippen molar-refractivity contribution in [3.8, 4) is 0 Å². The molecule has 4 rings (SSSR count). The average Bonchev–Trinajstić information content (AvgIpc) is 2.90. The second-order valence-corrected chi connectivity index (χ2v) is 9.62. The molecule has 0 aromatic heterocycles. The number of imide groups is 2. The van der Waals surface area contributed by atoms with Gasteiger partial charge in [0.1, 0.15) is 25.3 Å². The van der Waals surface area contributed by atoms with E-state index in [1.54, 1.807) is 62.4 Å². The number of piperazine rings is 2. The lowest BCUT2D eigenvalue weighted by Gasteiger charge is -2.37. The minimum absolute atomic E-state index is 0.0918. The molecule has 2 heterocycles. The molecule has 40 heavy (non-hydrogen) atoms. The van der Waals surface area contributed by atoms with E-state index in [4.69, 9.17) is 9.47 Å². The van der Waals surface area contributed by atoms with Crippen LogP contribution in [0.25, 0.3) is 0 Å². The van der Waals surface area contributed by atoms with Crippen LogP contribution in [-0.2, 0) is 28.7 Å². The van der Waals surface area contributed by atoms with Crippen LogP contribution in [0.2, 0.25) is 0 Å². The number of rotatable bonds is 9. The first-order chi connectivity index (χ1) is 19.1. The molecule has 2 saturated heterocycles. The molecule has 2 N–H and O–H groups in total. The topological polar surface area (TPSA) is 151 Å². The normalized spacial score (nSPS) is 20.1. The molecule has 4 amide bonds. The summed E-state index contributed by atoms with van der Waals surface area (Å²) in [5.41, 5.74) is 2.16. The molecular formula is C28H30N4O8. The maximum atomic E-state index is 12.6. The van der Waals surface area contributed by atoms with Gasteiger partial charge in [-0.2, -0.15) is 0 Å². The second-order valence-electron chi connectivity index (χ2n) is 9.62. The third-order valence-corrected chi connectivity index (χ3v) is 6.85. The first-order valence-electron chi connectivity index (χ1n) is 12.7. The van der Waals surface area contributed by atoms with E-state index in [0.29, 0.717) is 11.1 Å². The quantitative estimate of drug-likeness (QED) is 0.322. The highest BCUT2D eigenvalue weighted by Crippen LogP contribution is 2.14. The van der Waals surface area contributed by atoms with Crippen LogP contribution in [0.3, 0.4) is 0 Å². The monoisotopic (exact) mass is 550 g/mol. The van der Waals surface area contributed by atoms with E-state index in [1.165, 1.54) is 9.80 Å². The maximum Gasteiger partial charge on any atom is 0.338 e. The highest BCUT2D eigenvalue weighted by atomic mass is 16.5. The first-order valence-corrected chi connectivity index (χ1v) is 12.7. The lowest BCUT2D eigenvalue weighted by molar-refractivity contribution is -0.145. The van der Waals surface area contributed by atoms with Gasteiger partial charge in [-0.05, 0) is 37.1 Å². The van der Waals surface area contributed by atoms with Crippen molar-refractivity contribution in [2.45, 2.75) is 25.9 Å². The van der Waals surface area contributed by atoms with Gasteiger partial charge in [-0.15, -0.1) is 0 Å². The highest BCUT2D eigenvalue weighted by Gasteiger charge is 2.38. The number of amides is 4. The van der Waals surface area contributed by atoms with E-state index in [1.807, 2.05) is 0 Å². The summed E-state index contributed by atoms with van der Waals surface area (Å²) in [6.45, 7) is 2.80. The van der Waals surface area contributed by atoms with Crippen molar-refractivity contribution in [2.24, 2.45) is 0 Å². The zero-order valence-electron chi connectivity index (χ0n) is 22.2. The molecule has 2 aliphatic heterocycles. The Morgan fingerprint density at radius 3 is 1.45 bits per heavy atom. The Kier molecular flexibility index (Phi) is 9.02. The molecule has 210 valence electrons. The number of carbonyl (C=O) groups excluding carboxylic acids is 6. The van der Waals surface area contributed by atoms with Gasteiger partial charge < -0.3 is 9.47 Å². The summed E-state index contributed by atoms with van der Waals surface area (Å²) in [7, 11) is 0. The number of nitrogens with one attached hydrogen (secondary N) is 2. The summed E-state index contributed by atoms with van der Waals surface area (Å²) in [5, 5.41) is 4.50. The molecular weight excluding hydrogens is 520 g/mol. The number of carbonyl (C=O) groups is 6. The Balaban J connectivity index is 1.41. The average molecular weight is 551 g/mol. The summed E-state index contributed by atoms with van der Waals surface area (Å²) in [5.74, 6) is -3.49. The van der Waals surface area contributed by atoms with E-state index in [2.05, 4.69) is 10.6 Å². The lowest BCUT2D eigenvalue weighted by Crippen LogP contribution is -2.63. The molecule has 12 nitrogen and oxygen atoms in total. The van der Waals surface area contributed by atoms with Crippen molar-refractivity contribution in [3.05, 3.63) is 70.8 Å². The number of nitrogens with zero attached hydrogens (tertiary/aromatic N) is 2. The van der Waals surface area contributed by atoms with Gasteiger partial charge in [0, 0.05) is 13.1 Å². The van der Waals surface area contributed by atoms with Crippen molar-refractivity contribution in [2.75, 3.05) is 39.4 Å². The largest absolute Gasteiger partial charge is 0.460 e. The predicted molar refractivity (Wildman–Crippen MR) is 140 cm³/mol. The maximum absolute atomic E-state index is 12.6. The molecule has 12 heteroatoms. The van der Waals surface area contributed by atoms with Gasteiger partial charge in [0.15, 0.2) is 0 Å². The fraction of sp³-hybridized carbons (Fsp3) is 0.357. The summed E-state index contributed by atoms with van der Waals surface area (Å²) >= 11 is 0. The van der Waals surface area contributed by atoms with Crippen LogP contribution in [0, 0.1) is 13.8 Å². The number of esters is 2. The zero-order valence-corrected chi connectivity index (χ0v) is 22.2. The van der Waals surface area contributed by atoms with Gasteiger partial charge in [-0.3, -0.25) is 39.6 Å². The number of hydrogen-bond acceptors (Lipinski definition) is 10. The van der Waals surface area contributed by atoms with E-state index in [-0.39, 0.29) is 39.4 Å². The van der Waals surface area contributed by atoms with Crippen LogP contribution in [-0.4, -0.2) is 96.8 Å². The van der Waals surface area contributed by atoms with Gasteiger partial charge >= 0.3 is 11.9 Å². The molecule has 0 bridgehead atoms. The summed E-state index contributed by atoms with van der Waals surface area (Å²) in [4.78, 5) is 77.7. The lowest BCUT2D eigenvalue weighted by atomic mass is 10.1. The van der Waals surface area contributed by atoms with Crippen LogP contribution >= 0.6 is 0 Å². The Morgan fingerprint density at radius 1 is 0.700 bits per heavy atom. The molecule has 2 fully saturated rings. The van der Waals surface area contributed by atoms with Crippen molar-refractivity contribution in [1.29, 1.82) is 0 Å². The third kappa shape index (κ3) is 6.77. The second kappa shape index (κ2) is 12.6.